The number of nitrogens with one attached hydrogen (secondary N) is 1. The van der Waals surface area contributed by atoms with Gasteiger partial charge in [-0.1, -0.05) is 31.9 Å². The number of carbonyl (C=O) groups is 1. The lowest BCUT2D eigenvalue weighted by Crippen LogP contribution is -2.36. The lowest BCUT2D eigenvalue weighted by atomic mass is 10.2. The van der Waals surface area contributed by atoms with Crippen molar-refractivity contribution in [2.45, 2.75) is 39.2 Å². The van der Waals surface area contributed by atoms with Crippen LogP contribution in [0.4, 0.5) is 0 Å². The molecule has 0 aliphatic carbocycles. The molecular formula is C14H20INO2. The summed E-state index contributed by atoms with van der Waals surface area (Å²) >= 11 is 2.20. The van der Waals surface area contributed by atoms with Crippen LogP contribution in [-0.4, -0.2) is 18.6 Å². The first kappa shape index (κ1) is 15.3. The van der Waals surface area contributed by atoms with Crippen LogP contribution < -0.4 is 10.1 Å². The maximum absolute atomic E-state index is 11.8. The molecule has 1 N–H and O–H groups in total. The topological polar surface area (TPSA) is 38.3 Å². The summed E-state index contributed by atoms with van der Waals surface area (Å²) < 4.78 is 6.66. The van der Waals surface area contributed by atoms with Crippen molar-refractivity contribution in [3.63, 3.8) is 0 Å². The van der Waals surface area contributed by atoms with E-state index in [9.17, 15) is 4.79 Å². The molecule has 1 unspecified atom stereocenters. The molecule has 0 fully saturated rings. The number of para-hydroxylation sites is 1. The number of ether oxygens (including phenoxy) is 1. The van der Waals surface area contributed by atoms with Crippen LogP contribution in [0.5, 0.6) is 5.75 Å². The van der Waals surface area contributed by atoms with Crippen LogP contribution in [0, 0.1) is 3.57 Å². The maximum atomic E-state index is 11.8. The molecule has 1 aromatic rings. The summed E-state index contributed by atoms with van der Waals surface area (Å²) in [5, 5.41) is 2.89. The van der Waals surface area contributed by atoms with E-state index >= 15 is 0 Å². The highest BCUT2D eigenvalue weighted by atomic mass is 127. The van der Waals surface area contributed by atoms with Gasteiger partial charge in [0.1, 0.15) is 5.75 Å². The van der Waals surface area contributed by atoms with Crippen LogP contribution in [-0.2, 0) is 4.79 Å². The van der Waals surface area contributed by atoms with Crippen LogP contribution in [0.1, 0.15) is 33.1 Å². The second-order valence-electron chi connectivity index (χ2n) is 4.19. The van der Waals surface area contributed by atoms with E-state index in [1.807, 2.05) is 24.3 Å². The highest BCUT2D eigenvalue weighted by Gasteiger charge is 2.14. The number of hydrogen-bond donors (Lipinski definition) is 1. The normalized spacial score (nSPS) is 11.9. The molecular weight excluding hydrogens is 341 g/mol. The van der Waals surface area contributed by atoms with Crippen molar-refractivity contribution in [1.29, 1.82) is 0 Å². The number of unbranched alkanes of at least 4 members (excludes halogenated alkanes) is 2. The minimum absolute atomic E-state index is 0.0502. The fourth-order valence-electron chi connectivity index (χ4n) is 1.51. The molecule has 3 nitrogen and oxygen atoms in total. The number of amides is 1. The Bertz CT molecular complexity index is 382. The molecule has 0 saturated carbocycles. The van der Waals surface area contributed by atoms with Gasteiger partial charge >= 0.3 is 0 Å². The summed E-state index contributed by atoms with van der Waals surface area (Å²) in [6.07, 6.45) is 2.87. The number of carbonyl (C=O) groups excluding carboxylic acids is 1. The van der Waals surface area contributed by atoms with E-state index in [1.165, 1.54) is 0 Å². The summed E-state index contributed by atoms with van der Waals surface area (Å²) in [5.74, 6) is 0.708. The van der Waals surface area contributed by atoms with Crippen molar-refractivity contribution in [1.82, 2.24) is 5.32 Å². The summed E-state index contributed by atoms with van der Waals surface area (Å²) in [4.78, 5) is 11.8. The number of rotatable bonds is 7. The van der Waals surface area contributed by atoms with Crippen molar-refractivity contribution in [2.24, 2.45) is 0 Å². The molecule has 1 atom stereocenters. The van der Waals surface area contributed by atoms with Gasteiger partial charge in [-0.3, -0.25) is 4.79 Å². The Morgan fingerprint density at radius 2 is 2.11 bits per heavy atom. The summed E-state index contributed by atoms with van der Waals surface area (Å²) in [6.45, 7) is 4.65. The van der Waals surface area contributed by atoms with Crippen molar-refractivity contribution < 1.29 is 9.53 Å². The van der Waals surface area contributed by atoms with E-state index in [0.29, 0.717) is 0 Å². The lowest BCUT2D eigenvalue weighted by Gasteiger charge is -2.15. The number of benzene rings is 1. The monoisotopic (exact) mass is 361 g/mol. The Kier molecular flexibility index (Phi) is 7.08. The Hall–Kier alpha value is -0.780. The molecule has 0 bridgehead atoms. The van der Waals surface area contributed by atoms with Gasteiger partial charge in [0.15, 0.2) is 6.10 Å². The molecule has 18 heavy (non-hydrogen) atoms. The largest absolute Gasteiger partial charge is 0.480 e. The molecule has 0 aromatic heterocycles. The minimum Gasteiger partial charge on any atom is -0.480 e. The second-order valence-corrected chi connectivity index (χ2v) is 5.35. The van der Waals surface area contributed by atoms with Gasteiger partial charge in [-0.2, -0.15) is 0 Å². The number of hydrogen-bond acceptors (Lipinski definition) is 2. The van der Waals surface area contributed by atoms with Gasteiger partial charge in [0.25, 0.3) is 5.91 Å². The van der Waals surface area contributed by atoms with Gasteiger partial charge in [-0.25, -0.2) is 0 Å². The Labute approximate surface area is 122 Å². The van der Waals surface area contributed by atoms with Gasteiger partial charge in [-0.05, 0) is 48.1 Å². The minimum atomic E-state index is -0.456. The average Bonchev–Trinajstić information content (AvgIpc) is 2.37. The van der Waals surface area contributed by atoms with Crippen LogP contribution >= 0.6 is 22.6 Å². The molecule has 1 amide bonds. The number of halogens is 1. The summed E-state index contributed by atoms with van der Waals surface area (Å²) in [6, 6.07) is 7.69. The van der Waals surface area contributed by atoms with E-state index < -0.39 is 6.10 Å². The van der Waals surface area contributed by atoms with E-state index in [1.54, 1.807) is 6.92 Å². The molecule has 0 aliphatic heterocycles. The van der Waals surface area contributed by atoms with Gasteiger partial charge in [0, 0.05) is 6.54 Å². The molecule has 1 rings (SSSR count). The first-order valence-electron chi connectivity index (χ1n) is 6.34. The molecule has 4 heteroatoms. The van der Waals surface area contributed by atoms with Crippen molar-refractivity contribution in [3.8, 4) is 5.75 Å². The SMILES string of the molecule is CCCCCNC(=O)C(C)Oc1ccccc1I. The first-order chi connectivity index (χ1) is 8.65. The van der Waals surface area contributed by atoms with Crippen molar-refractivity contribution >= 4 is 28.5 Å². The standard InChI is InChI=1S/C14H20INO2/c1-3-4-7-10-16-14(17)11(2)18-13-9-6-5-8-12(13)15/h5-6,8-9,11H,3-4,7,10H2,1-2H3,(H,16,17). The Balaban J connectivity index is 2.38. The van der Waals surface area contributed by atoms with Crippen LogP contribution in [0.25, 0.3) is 0 Å². The van der Waals surface area contributed by atoms with E-state index in [-0.39, 0.29) is 5.91 Å². The smallest absolute Gasteiger partial charge is 0.260 e. The van der Waals surface area contributed by atoms with Crippen LogP contribution in [0.15, 0.2) is 24.3 Å². The third kappa shape index (κ3) is 5.25. The van der Waals surface area contributed by atoms with Gasteiger partial charge in [-0.15, -0.1) is 0 Å². The van der Waals surface area contributed by atoms with Crippen LogP contribution in [0.2, 0.25) is 0 Å². The molecule has 0 aliphatic rings. The zero-order valence-corrected chi connectivity index (χ0v) is 13.1. The zero-order valence-electron chi connectivity index (χ0n) is 10.9. The summed E-state index contributed by atoms with van der Waals surface area (Å²) in [7, 11) is 0. The van der Waals surface area contributed by atoms with Crippen LogP contribution in [0.3, 0.4) is 0 Å². The predicted molar refractivity (Wildman–Crippen MR) is 81.8 cm³/mol. The third-order valence-corrected chi connectivity index (χ3v) is 3.48. The van der Waals surface area contributed by atoms with E-state index in [2.05, 4.69) is 34.8 Å². The van der Waals surface area contributed by atoms with E-state index in [0.717, 1.165) is 35.1 Å². The highest BCUT2D eigenvalue weighted by molar-refractivity contribution is 14.1. The Morgan fingerprint density at radius 1 is 1.39 bits per heavy atom. The van der Waals surface area contributed by atoms with Gasteiger partial charge in [0.2, 0.25) is 0 Å². The van der Waals surface area contributed by atoms with E-state index in [4.69, 9.17) is 4.74 Å². The quantitative estimate of drug-likeness (QED) is 0.598. The molecule has 0 heterocycles. The molecule has 1 aromatic carbocycles. The third-order valence-electron chi connectivity index (χ3n) is 2.59. The predicted octanol–water partition coefficient (Wildman–Crippen LogP) is 3.36. The average molecular weight is 361 g/mol. The fourth-order valence-corrected chi connectivity index (χ4v) is 2.03. The van der Waals surface area contributed by atoms with Gasteiger partial charge < -0.3 is 10.1 Å². The van der Waals surface area contributed by atoms with Crippen molar-refractivity contribution in [2.75, 3.05) is 6.54 Å². The molecule has 100 valence electrons. The summed E-state index contributed by atoms with van der Waals surface area (Å²) in [5.41, 5.74) is 0. The zero-order chi connectivity index (χ0) is 13.4. The second kappa shape index (κ2) is 8.34. The fraction of sp³-hybridized carbons (Fsp3) is 0.500. The maximum Gasteiger partial charge on any atom is 0.260 e. The highest BCUT2D eigenvalue weighted by Crippen LogP contribution is 2.20. The Morgan fingerprint density at radius 3 is 2.78 bits per heavy atom. The molecule has 0 saturated heterocycles. The van der Waals surface area contributed by atoms with Crippen molar-refractivity contribution in [3.05, 3.63) is 27.8 Å². The lowest BCUT2D eigenvalue weighted by molar-refractivity contribution is -0.127. The molecule has 0 spiro atoms. The van der Waals surface area contributed by atoms with Gasteiger partial charge in [0.05, 0.1) is 3.57 Å². The first-order valence-corrected chi connectivity index (χ1v) is 7.42. The molecule has 0 radical (unpaired) electrons.